The molecule has 1 atom stereocenters. The van der Waals surface area contributed by atoms with Crippen LogP contribution in [0.15, 0.2) is 18.2 Å². The highest BCUT2D eigenvalue weighted by atomic mass is 14.6. The fourth-order valence-electron chi connectivity index (χ4n) is 1.38. The molecule has 1 nitrogen and oxygen atoms in total. The average Bonchev–Trinajstić information content (AvgIpc) is 2.11. The molecule has 0 fully saturated rings. The van der Waals surface area contributed by atoms with Crippen molar-refractivity contribution in [3.05, 3.63) is 34.9 Å². The van der Waals surface area contributed by atoms with Gasteiger partial charge in [0.05, 0.1) is 0 Å². The minimum atomic E-state index is 0.308. The van der Waals surface area contributed by atoms with E-state index in [1.165, 1.54) is 16.7 Å². The molecule has 1 heteroatoms. The van der Waals surface area contributed by atoms with Gasteiger partial charge in [-0.2, -0.15) is 0 Å². The summed E-state index contributed by atoms with van der Waals surface area (Å²) in [7, 11) is 0. The van der Waals surface area contributed by atoms with Gasteiger partial charge in [-0.1, -0.05) is 25.1 Å². The highest BCUT2D eigenvalue weighted by Crippen LogP contribution is 2.11. The first-order valence-electron chi connectivity index (χ1n) is 4.95. The van der Waals surface area contributed by atoms with Crippen molar-refractivity contribution in [3.8, 4) is 0 Å². The molecule has 0 aliphatic heterocycles. The Morgan fingerprint density at radius 2 is 1.92 bits per heavy atom. The van der Waals surface area contributed by atoms with Crippen molar-refractivity contribution in [3.63, 3.8) is 0 Å². The fraction of sp³-hybridized carbons (Fsp3) is 0.500. The van der Waals surface area contributed by atoms with Crippen LogP contribution in [-0.4, -0.2) is 6.04 Å². The van der Waals surface area contributed by atoms with Crippen molar-refractivity contribution in [1.29, 1.82) is 0 Å². The topological polar surface area (TPSA) is 26.0 Å². The van der Waals surface area contributed by atoms with E-state index in [0.717, 1.165) is 12.8 Å². The van der Waals surface area contributed by atoms with E-state index in [2.05, 4.69) is 39.0 Å². The molecule has 2 N–H and O–H groups in total. The molecule has 0 amide bonds. The summed E-state index contributed by atoms with van der Waals surface area (Å²) in [6.07, 6.45) is 2.05. The summed E-state index contributed by atoms with van der Waals surface area (Å²) in [5.41, 5.74) is 9.97. The molecule has 1 aromatic rings. The molecule has 0 saturated heterocycles. The van der Waals surface area contributed by atoms with Crippen LogP contribution in [0, 0.1) is 13.8 Å². The minimum Gasteiger partial charge on any atom is -0.327 e. The number of benzene rings is 1. The molecule has 0 bridgehead atoms. The molecule has 0 aromatic heterocycles. The summed E-state index contributed by atoms with van der Waals surface area (Å²) in [4.78, 5) is 0. The van der Waals surface area contributed by atoms with E-state index < -0.39 is 0 Å². The number of hydrogen-bond acceptors (Lipinski definition) is 1. The molecule has 1 rings (SSSR count). The van der Waals surface area contributed by atoms with Crippen molar-refractivity contribution in [2.24, 2.45) is 5.73 Å². The van der Waals surface area contributed by atoms with Gasteiger partial charge in [-0.15, -0.1) is 0 Å². The highest BCUT2D eigenvalue weighted by molar-refractivity contribution is 5.30. The fourth-order valence-corrected chi connectivity index (χ4v) is 1.38. The van der Waals surface area contributed by atoms with Gasteiger partial charge in [-0.05, 0) is 43.4 Å². The molecule has 0 saturated carbocycles. The zero-order valence-electron chi connectivity index (χ0n) is 8.80. The van der Waals surface area contributed by atoms with Crippen LogP contribution in [0.4, 0.5) is 0 Å². The predicted molar refractivity (Wildman–Crippen MR) is 57.9 cm³/mol. The van der Waals surface area contributed by atoms with Crippen molar-refractivity contribution in [2.75, 3.05) is 0 Å². The third kappa shape index (κ3) is 2.85. The van der Waals surface area contributed by atoms with Gasteiger partial charge in [0.1, 0.15) is 0 Å². The molecule has 1 aromatic carbocycles. The molecule has 0 radical (unpaired) electrons. The van der Waals surface area contributed by atoms with Crippen LogP contribution < -0.4 is 5.73 Å². The van der Waals surface area contributed by atoms with Gasteiger partial charge in [-0.25, -0.2) is 0 Å². The predicted octanol–water partition coefficient (Wildman–Crippen LogP) is 2.58. The molecular weight excluding hydrogens is 158 g/mol. The zero-order valence-corrected chi connectivity index (χ0v) is 8.80. The largest absolute Gasteiger partial charge is 0.327 e. The SMILES string of the molecule is CC[C@H](N)Cc1ccc(C)c(C)c1. The second-order valence-corrected chi connectivity index (χ2v) is 3.79. The van der Waals surface area contributed by atoms with E-state index in [4.69, 9.17) is 5.73 Å². The molecule has 13 heavy (non-hydrogen) atoms. The Bertz CT molecular complexity index is 278. The summed E-state index contributed by atoms with van der Waals surface area (Å²) >= 11 is 0. The van der Waals surface area contributed by atoms with Crippen molar-refractivity contribution in [1.82, 2.24) is 0 Å². The number of hydrogen-bond donors (Lipinski definition) is 1. The number of nitrogens with two attached hydrogens (primary N) is 1. The van der Waals surface area contributed by atoms with Crippen LogP contribution in [0.2, 0.25) is 0 Å². The Labute approximate surface area is 81.0 Å². The first-order chi connectivity index (χ1) is 6.13. The third-order valence-electron chi connectivity index (χ3n) is 2.59. The first kappa shape index (κ1) is 10.3. The van der Waals surface area contributed by atoms with Gasteiger partial charge < -0.3 is 5.73 Å². The molecular formula is C12H19N. The minimum absolute atomic E-state index is 0.308. The second-order valence-electron chi connectivity index (χ2n) is 3.79. The van der Waals surface area contributed by atoms with Crippen molar-refractivity contribution in [2.45, 2.75) is 39.7 Å². The lowest BCUT2D eigenvalue weighted by Gasteiger charge is -2.10. The smallest absolute Gasteiger partial charge is 0.00766 e. The van der Waals surface area contributed by atoms with Gasteiger partial charge in [0.15, 0.2) is 0 Å². The summed E-state index contributed by atoms with van der Waals surface area (Å²) in [6, 6.07) is 6.90. The quantitative estimate of drug-likeness (QED) is 0.754. The van der Waals surface area contributed by atoms with Crippen molar-refractivity contribution < 1.29 is 0 Å². The molecule has 0 spiro atoms. The van der Waals surface area contributed by atoms with Crippen LogP contribution >= 0.6 is 0 Å². The van der Waals surface area contributed by atoms with Crippen LogP contribution in [0.5, 0.6) is 0 Å². The molecule has 0 heterocycles. The molecule has 0 aliphatic rings. The van der Waals surface area contributed by atoms with Gasteiger partial charge in [-0.3, -0.25) is 0 Å². The van der Waals surface area contributed by atoms with Crippen LogP contribution in [0.3, 0.4) is 0 Å². The van der Waals surface area contributed by atoms with Crippen LogP contribution in [-0.2, 0) is 6.42 Å². The van der Waals surface area contributed by atoms with Gasteiger partial charge in [0.25, 0.3) is 0 Å². The third-order valence-corrected chi connectivity index (χ3v) is 2.59. The van der Waals surface area contributed by atoms with Gasteiger partial charge in [0, 0.05) is 6.04 Å². The van der Waals surface area contributed by atoms with E-state index in [9.17, 15) is 0 Å². The standard InChI is InChI=1S/C12H19N/c1-4-12(13)8-11-6-5-9(2)10(3)7-11/h5-7,12H,4,8,13H2,1-3H3/t12-/m0/s1. The average molecular weight is 177 g/mol. The Morgan fingerprint density at radius 1 is 1.23 bits per heavy atom. The lowest BCUT2D eigenvalue weighted by Crippen LogP contribution is -2.21. The Kier molecular flexibility index (Phi) is 3.49. The van der Waals surface area contributed by atoms with E-state index in [0.29, 0.717) is 6.04 Å². The molecule has 72 valence electrons. The Hall–Kier alpha value is -0.820. The van der Waals surface area contributed by atoms with Gasteiger partial charge in [0.2, 0.25) is 0 Å². The van der Waals surface area contributed by atoms with E-state index in [-0.39, 0.29) is 0 Å². The normalized spacial score (nSPS) is 12.9. The lowest BCUT2D eigenvalue weighted by molar-refractivity contribution is 0.646. The summed E-state index contributed by atoms with van der Waals surface area (Å²) < 4.78 is 0. The maximum absolute atomic E-state index is 5.89. The van der Waals surface area contributed by atoms with E-state index >= 15 is 0 Å². The van der Waals surface area contributed by atoms with Crippen LogP contribution in [0.25, 0.3) is 0 Å². The maximum Gasteiger partial charge on any atom is 0.00766 e. The monoisotopic (exact) mass is 177 g/mol. The summed E-state index contributed by atoms with van der Waals surface area (Å²) in [5, 5.41) is 0. The molecule has 0 aliphatic carbocycles. The van der Waals surface area contributed by atoms with Crippen LogP contribution in [0.1, 0.15) is 30.0 Å². The highest BCUT2D eigenvalue weighted by Gasteiger charge is 2.01. The van der Waals surface area contributed by atoms with E-state index in [1.54, 1.807) is 0 Å². The van der Waals surface area contributed by atoms with Crippen molar-refractivity contribution >= 4 is 0 Å². The Morgan fingerprint density at radius 3 is 2.46 bits per heavy atom. The second kappa shape index (κ2) is 4.43. The number of aryl methyl sites for hydroxylation is 2. The maximum atomic E-state index is 5.89. The van der Waals surface area contributed by atoms with E-state index in [1.807, 2.05) is 0 Å². The lowest BCUT2D eigenvalue weighted by atomic mass is 10.0. The number of rotatable bonds is 3. The molecule has 0 unspecified atom stereocenters. The summed E-state index contributed by atoms with van der Waals surface area (Å²) in [6.45, 7) is 6.42. The zero-order chi connectivity index (χ0) is 9.84. The summed E-state index contributed by atoms with van der Waals surface area (Å²) in [5.74, 6) is 0. The van der Waals surface area contributed by atoms with Gasteiger partial charge >= 0.3 is 0 Å². The Balaban J connectivity index is 2.73. The first-order valence-corrected chi connectivity index (χ1v) is 4.95.